The Hall–Kier alpha value is -1.88. The molecular weight excluding hydrogens is 258 g/mol. The third-order valence-corrected chi connectivity index (χ3v) is 3.37. The molecule has 1 aliphatic rings. The minimum absolute atomic E-state index is 0.0209. The lowest BCUT2D eigenvalue weighted by molar-refractivity contribution is -0.147. The molecule has 1 saturated heterocycles. The minimum Gasteiger partial charge on any atom is -0.481 e. The molecule has 0 spiro atoms. The first-order valence-electron chi connectivity index (χ1n) is 6.71. The second kappa shape index (κ2) is 6.52. The Morgan fingerprint density at radius 3 is 2.70 bits per heavy atom. The topological polar surface area (TPSA) is 66.8 Å². The lowest BCUT2D eigenvalue weighted by Gasteiger charge is -2.32. The molecule has 1 aromatic carbocycles. The predicted molar refractivity (Wildman–Crippen MR) is 73.5 cm³/mol. The number of amides is 1. The predicted octanol–water partition coefficient (Wildman–Crippen LogP) is 1.24. The van der Waals surface area contributed by atoms with E-state index in [9.17, 15) is 9.59 Å². The Balaban J connectivity index is 1.91. The number of carbonyl (C=O) groups excluding carboxylic acids is 1. The van der Waals surface area contributed by atoms with Crippen molar-refractivity contribution in [3.8, 4) is 0 Å². The molecule has 0 saturated carbocycles. The molecule has 108 valence electrons. The van der Waals surface area contributed by atoms with E-state index in [2.05, 4.69) is 0 Å². The van der Waals surface area contributed by atoms with Crippen molar-refractivity contribution in [1.29, 1.82) is 0 Å². The molecule has 1 atom stereocenters. The largest absolute Gasteiger partial charge is 0.481 e. The fraction of sp³-hybridized carbons (Fsp3) is 0.467. The van der Waals surface area contributed by atoms with Gasteiger partial charge < -0.3 is 14.7 Å². The molecule has 5 heteroatoms. The molecular formula is C15H19NO4. The van der Waals surface area contributed by atoms with Crippen LogP contribution in [0.25, 0.3) is 0 Å². The van der Waals surface area contributed by atoms with E-state index in [4.69, 9.17) is 9.84 Å². The summed E-state index contributed by atoms with van der Waals surface area (Å²) >= 11 is 0. The maximum absolute atomic E-state index is 12.2. The van der Waals surface area contributed by atoms with Crippen LogP contribution in [-0.4, -0.2) is 47.7 Å². The average Bonchev–Trinajstić information content (AvgIpc) is 2.41. The zero-order valence-corrected chi connectivity index (χ0v) is 11.5. The van der Waals surface area contributed by atoms with Crippen molar-refractivity contribution < 1.29 is 19.4 Å². The van der Waals surface area contributed by atoms with Crippen LogP contribution < -0.4 is 0 Å². The molecule has 0 radical (unpaired) electrons. The molecule has 1 aromatic rings. The summed E-state index contributed by atoms with van der Waals surface area (Å²) in [6.45, 7) is 3.29. The van der Waals surface area contributed by atoms with Gasteiger partial charge in [0, 0.05) is 13.1 Å². The van der Waals surface area contributed by atoms with E-state index < -0.39 is 12.1 Å². The highest BCUT2D eigenvalue weighted by Gasteiger charge is 2.25. The van der Waals surface area contributed by atoms with Crippen molar-refractivity contribution >= 4 is 11.9 Å². The number of ether oxygens (including phenoxy) is 1. The summed E-state index contributed by atoms with van der Waals surface area (Å²) in [6.07, 6.45) is -0.114. The van der Waals surface area contributed by atoms with Gasteiger partial charge in [0.25, 0.3) is 0 Å². The summed E-state index contributed by atoms with van der Waals surface area (Å²) in [4.78, 5) is 24.6. The van der Waals surface area contributed by atoms with E-state index in [1.54, 1.807) is 4.90 Å². The molecule has 1 amide bonds. The van der Waals surface area contributed by atoms with E-state index >= 15 is 0 Å². The van der Waals surface area contributed by atoms with E-state index in [-0.39, 0.29) is 12.3 Å². The average molecular weight is 277 g/mol. The summed E-state index contributed by atoms with van der Waals surface area (Å²) in [6, 6.07) is 7.86. The van der Waals surface area contributed by atoms with Crippen molar-refractivity contribution in [3.05, 3.63) is 35.4 Å². The number of aliphatic carboxylic acids is 1. The van der Waals surface area contributed by atoms with Crippen molar-refractivity contribution in [2.75, 3.05) is 19.7 Å². The zero-order valence-electron chi connectivity index (χ0n) is 11.5. The number of rotatable bonds is 4. The number of carboxylic acid groups (broad SMARTS) is 1. The number of nitrogens with zero attached hydrogens (tertiary/aromatic N) is 1. The van der Waals surface area contributed by atoms with Crippen LogP contribution in [-0.2, 0) is 20.7 Å². The standard InChI is InChI=1S/C15H19NO4/c1-11-2-4-12(5-3-11)8-14(17)16-6-7-20-13(10-16)9-15(18)19/h2-5,13H,6-10H2,1H3,(H,18,19). The Morgan fingerprint density at radius 2 is 2.05 bits per heavy atom. The molecule has 5 nitrogen and oxygen atoms in total. The highest BCUT2D eigenvalue weighted by atomic mass is 16.5. The van der Waals surface area contributed by atoms with Crippen LogP contribution in [0, 0.1) is 6.92 Å². The van der Waals surface area contributed by atoms with Gasteiger partial charge >= 0.3 is 5.97 Å². The fourth-order valence-electron chi connectivity index (χ4n) is 2.26. The van der Waals surface area contributed by atoms with Gasteiger partial charge in [-0.1, -0.05) is 29.8 Å². The summed E-state index contributed by atoms with van der Waals surface area (Å²) in [5, 5.41) is 8.77. The lowest BCUT2D eigenvalue weighted by Crippen LogP contribution is -2.46. The SMILES string of the molecule is Cc1ccc(CC(=O)N2CCOC(CC(=O)O)C2)cc1. The van der Waals surface area contributed by atoms with Crippen LogP contribution >= 0.6 is 0 Å². The summed E-state index contributed by atoms with van der Waals surface area (Å²) in [5.74, 6) is -0.879. The lowest BCUT2D eigenvalue weighted by atomic mass is 10.1. The van der Waals surface area contributed by atoms with Crippen molar-refractivity contribution in [2.24, 2.45) is 0 Å². The van der Waals surface area contributed by atoms with Crippen LogP contribution in [0.15, 0.2) is 24.3 Å². The first-order chi connectivity index (χ1) is 9.54. The second-order valence-corrected chi connectivity index (χ2v) is 5.09. The second-order valence-electron chi connectivity index (χ2n) is 5.09. The van der Waals surface area contributed by atoms with E-state index in [0.717, 1.165) is 11.1 Å². The number of morpholine rings is 1. The highest BCUT2D eigenvalue weighted by Crippen LogP contribution is 2.12. The van der Waals surface area contributed by atoms with Gasteiger partial charge in [0.05, 0.1) is 25.6 Å². The van der Waals surface area contributed by atoms with Crippen molar-refractivity contribution in [3.63, 3.8) is 0 Å². The maximum Gasteiger partial charge on any atom is 0.306 e. The van der Waals surface area contributed by atoms with E-state index in [0.29, 0.717) is 26.1 Å². The van der Waals surface area contributed by atoms with Crippen LogP contribution in [0.3, 0.4) is 0 Å². The van der Waals surface area contributed by atoms with Gasteiger partial charge in [-0.25, -0.2) is 0 Å². The minimum atomic E-state index is -0.900. The van der Waals surface area contributed by atoms with Gasteiger partial charge in [-0.15, -0.1) is 0 Å². The third kappa shape index (κ3) is 4.06. The molecule has 1 unspecified atom stereocenters. The Bertz CT molecular complexity index is 483. The molecule has 0 bridgehead atoms. The van der Waals surface area contributed by atoms with E-state index in [1.165, 1.54) is 0 Å². The monoisotopic (exact) mass is 277 g/mol. The number of carboxylic acids is 1. The number of carbonyl (C=O) groups is 2. The molecule has 1 aliphatic heterocycles. The molecule has 2 rings (SSSR count). The van der Waals surface area contributed by atoms with Gasteiger partial charge in [0.1, 0.15) is 0 Å². The van der Waals surface area contributed by atoms with Crippen molar-refractivity contribution in [1.82, 2.24) is 4.90 Å². The quantitative estimate of drug-likeness (QED) is 0.899. The number of hydrogen-bond acceptors (Lipinski definition) is 3. The van der Waals surface area contributed by atoms with Gasteiger partial charge in [0.2, 0.25) is 5.91 Å². The van der Waals surface area contributed by atoms with Gasteiger partial charge in [-0.2, -0.15) is 0 Å². The van der Waals surface area contributed by atoms with Crippen LogP contribution in [0.5, 0.6) is 0 Å². The summed E-state index contributed by atoms with van der Waals surface area (Å²) in [7, 11) is 0. The van der Waals surface area contributed by atoms with Crippen molar-refractivity contribution in [2.45, 2.75) is 25.9 Å². The number of aryl methyl sites for hydroxylation is 1. The number of hydrogen-bond donors (Lipinski definition) is 1. The highest BCUT2D eigenvalue weighted by molar-refractivity contribution is 5.79. The molecule has 1 fully saturated rings. The Labute approximate surface area is 118 Å². The third-order valence-electron chi connectivity index (χ3n) is 3.37. The van der Waals surface area contributed by atoms with Gasteiger partial charge in [0.15, 0.2) is 0 Å². The Kier molecular flexibility index (Phi) is 4.74. The van der Waals surface area contributed by atoms with Gasteiger partial charge in [-0.3, -0.25) is 9.59 Å². The van der Waals surface area contributed by atoms with Crippen LogP contribution in [0.2, 0.25) is 0 Å². The Morgan fingerprint density at radius 1 is 1.35 bits per heavy atom. The molecule has 20 heavy (non-hydrogen) atoms. The van der Waals surface area contributed by atoms with Crippen LogP contribution in [0.4, 0.5) is 0 Å². The van der Waals surface area contributed by atoms with E-state index in [1.807, 2.05) is 31.2 Å². The maximum atomic E-state index is 12.2. The molecule has 1 N–H and O–H groups in total. The summed E-state index contributed by atoms with van der Waals surface area (Å²) < 4.78 is 5.36. The van der Waals surface area contributed by atoms with Gasteiger partial charge in [-0.05, 0) is 12.5 Å². The molecule has 0 aromatic heterocycles. The summed E-state index contributed by atoms with van der Waals surface area (Å²) in [5.41, 5.74) is 2.14. The fourth-order valence-corrected chi connectivity index (χ4v) is 2.26. The molecule has 1 heterocycles. The normalized spacial score (nSPS) is 18.9. The molecule has 0 aliphatic carbocycles. The first-order valence-corrected chi connectivity index (χ1v) is 6.71. The smallest absolute Gasteiger partial charge is 0.306 e. The van der Waals surface area contributed by atoms with Crippen LogP contribution in [0.1, 0.15) is 17.5 Å². The zero-order chi connectivity index (χ0) is 14.5. The number of benzene rings is 1. The first kappa shape index (κ1) is 14.5.